The Morgan fingerprint density at radius 1 is 1.05 bits per heavy atom. The van der Waals surface area contributed by atoms with Crippen molar-refractivity contribution in [2.75, 3.05) is 5.32 Å². The first-order valence-electron chi connectivity index (χ1n) is 7.22. The highest BCUT2D eigenvalue weighted by atomic mass is 79.9. The Hall–Kier alpha value is -1.48. The normalized spacial score (nSPS) is 10.8. The summed E-state index contributed by atoms with van der Waals surface area (Å²) in [4.78, 5) is 0. The van der Waals surface area contributed by atoms with E-state index in [1.165, 1.54) is 22.4 Å². The average Bonchev–Trinajstić information content (AvgIpc) is 2.38. The minimum atomic E-state index is 0.210. The Bertz CT molecular complexity index is 582. The van der Waals surface area contributed by atoms with Gasteiger partial charge < -0.3 is 10.1 Å². The zero-order valence-corrected chi connectivity index (χ0v) is 14.6. The third-order valence-corrected chi connectivity index (χ3v) is 3.72. The van der Waals surface area contributed by atoms with Crippen molar-refractivity contribution < 1.29 is 4.74 Å². The molecule has 112 valence electrons. The molecule has 21 heavy (non-hydrogen) atoms. The Kier molecular flexibility index (Phi) is 5.29. The molecule has 0 aromatic heterocycles. The number of aryl methyl sites for hydroxylation is 2. The van der Waals surface area contributed by atoms with E-state index in [0.29, 0.717) is 0 Å². The smallest absolute Gasteiger partial charge is 0.119 e. The van der Waals surface area contributed by atoms with Crippen LogP contribution >= 0.6 is 15.9 Å². The Balaban J connectivity index is 2.03. The number of anilines is 1. The molecule has 0 atom stereocenters. The zero-order chi connectivity index (χ0) is 15.4. The monoisotopic (exact) mass is 347 g/mol. The minimum Gasteiger partial charge on any atom is -0.491 e. The summed E-state index contributed by atoms with van der Waals surface area (Å²) >= 11 is 3.53. The van der Waals surface area contributed by atoms with Gasteiger partial charge in [-0.2, -0.15) is 0 Å². The molecule has 0 fully saturated rings. The maximum absolute atomic E-state index is 5.66. The van der Waals surface area contributed by atoms with Gasteiger partial charge in [-0.05, 0) is 68.7 Å². The van der Waals surface area contributed by atoms with Gasteiger partial charge in [0.15, 0.2) is 0 Å². The van der Waals surface area contributed by atoms with Crippen LogP contribution in [0.5, 0.6) is 5.75 Å². The predicted octanol–water partition coefficient (Wildman–Crippen LogP) is 5.47. The fraction of sp³-hybridized carbons (Fsp3) is 0.333. The maximum atomic E-state index is 5.66. The molecular formula is C18H22BrNO. The van der Waals surface area contributed by atoms with E-state index in [9.17, 15) is 0 Å². The van der Waals surface area contributed by atoms with Crippen molar-refractivity contribution in [3.8, 4) is 5.75 Å². The summed E-state index contributed by atoms with van der Waals surface area (Å²) in [7, 11) is 0. The van der Waals surface area contributed by atoms with Gasteiger partial charge in [0.1, 0.15) is 5.75 Å². The standard InChI is InChI=1S/C18H22BrNO/c1-12(2)21-17-7-5-15(6-8-17)11-20-18-13(3)9-16(19)10-14(18)4/h5-10,12,20H,11H2,1-4H3. The van der Waals surface area contributed by atoms with Crippen LogP contribution in [-0.2, 0) is 6.54 Å². The minimum absolute atomic E-state index is 0.210. The molecular weight excluding hydrogens is 326 g/mol. The molecule has 0 spiro atoms. The third-order valence-electron chi connectivity index (χ3n) is 3.26. The van der Waals surface area contributed by atoms with E-state index < -0.39 is 0 Å². The van der Waals surface area contributed by atoms with Gasteiger partial charge in [0.2, 0.25) is 0 Å². The van der Waals surface area contributed by atoms with Crippen molar-refractivity contribution >= 4 is 21.6 Å². The lowest BCUT2D eigenvalue weighted by atomic mass is 10.1. The van der Waals surface area contributed by atoms with Crippen molar-refractivity contribution in [2.24, 2.45) is 0 Å². The Morgan fingerprint density at radius 3 is 2.14 bits per heavy atom. The number of nitrogens with one attached hydrogen (secondary N) is 1. The lowest BCUT2D eigenvalue weighted by Gasteiger charge is -2.14. The van der Waals surface area contributed by atoms with E-state index in [-0.39, 0.29) is 6.10 Å². The number of hydrogen-bond donors (Lipinski definition) is 1. The van der Waals surface area contributed by atoms with Crippen LogP contribution in [0.1, 0.15) is 30.5 Å². The lowest BCUT2D eigenvalue weighted by molar-refractivity contribution is 0.242. The number of benzene rings is 2. The van der Waals surface area contributed by atoms with Crippen LogP contribution in [0.4, 0.5) is 5.69 Å². The van der Waals surface area contributed by atoms with Crippen molar-refractivity contribution in [3.63, 3.8) is 0 Å². The molecule has 3 heteroatoms. The number of rotatable bonds is 5. The molecule has 2 aromatic carbocycles. The molecule has 0 radical (unpaired) electrons. The van der Waals surface area contributed by atoms with Crippen LogP contribution in [0.3, 0.4) is 0 Å². The molecule has 0 aliphatic rings. The van der Waals surface area contributed by atoms with Gasteiger partial charge in [-0.1, -0.05) is 28.1 Å². The largest absolute Gasteiger partial charge is 0.491 e. The first-order chi connectivity index (χ1) is 9.95. The molecule has 0 saturated heterocycles. The van der Waals surface area contributed by atoms with Crippen molar-refractivity contribution in [2.45, 2.75) is 40.3 Å². The quantitative estimate of drug-likeness (QED) is 0.774. The number of hydrogen-bond acceptors (Lipinski definition) is 2. The van der Waals surface area contributed by atoms with E-state index in [2.05, 4.69) is 59.4 Å². The SMILES string of the molecule is Cc1cc(Br)cc(C)c1NCc1ccc(OC(C)C)cc1. The average molecular weight is 348 g/mol. The molecule has 1 N–H and O–H groups in total. The second-order valence-corrected chi connectivity index (χ2v) is 6.49. The summed E-state index contributed by atoms with van der Waals surface area (Å²) < 4.78 is 6.78. The first-order valence-corrected chi connectivity index (χ1v) is 8.01. The van der Waals surface area contributed by atoms with E-state index in [0.717, 1.165) is 16.8 Å². The molecule has 0 amide bonds. The van der Waals surface area contributed by atoms with E-state index >= 15 is 0 Å². The summed E-state index contributed by atoms with van der Waals surface area (Å²) in [5.41, 5.74) is 4.96. The van der Waals surface area contributed by atoms with Gasteiger partial charge in [0.25, 0.3) is 0 Å². The molecule has 0 unspecified atom stereocenters. The molecule has 2 rings (SSSR count). The van der Waals surface area contributed by atoms with Crippen LogP contribution in [0.2, 0.25) is 0 Å². The molecule has 0 heterocycles. The molecule has 0 aliphatic heterocycles. The molecule has 0 bridgehead atoms. The first kappa shape index (κ1) is 15.9. The highest BCUT2D eigenvalue weighted by molar-refractivity contribution is 9.10. The zero-order valence-electron chi connectivity index (χ0n) is 13.0. The highest BCUT2D eigenvalue weighted by Crippen LogP contribution is 2.25. The maximum Gasteiger partial charge on any atom is 0.119 e. The van der Waals surface area contributed by atoms with Gasteiger partial charge in [-0.3, -0.25) is 0 Å². The van der Waals surface area contributed by atoms with E-state index in [1.54, 1.807) is 0 Å². The highest BCUT2D eigenvalue weighted by Gasteiger charge is 2.04. The van der Waals surface area contributed by atoms with Gasteiger partial charge in [-0.15, -0.1) is 0 Å². The Morgan fingerprint density at radius 2 is 1.62 bits per heavy atom. The summed E-state index contributed by atoms with van der Waals surface area (Å²) in [5.74, 6) is 0.921. The van der Waals surface area contributed by atoms with Crippen LogP contribution in [0, 0.1) is 13.8 Å². The summed E-state index contributed by atoms with van der Waals surface area (Å²) in [6, 6.07) is 12.5. The van der Waals surface area contributed by atoms with Crippen LogP contribution in [0.25, 0.3) is 0 Å². The van der Waals surface area contributed by atoms with Crippen LogP contribution in [-0.4, -0.2) is 6.10 Å². The van der Waals surface area contributed by atoms with Crippen LogP contribution < -0.4 is 10.1 Å². The summed E-state index contributed by atoms with van der Waals surface area (Å²) in [6.45, 7) is 9.13. The second kappa shape index (κ2) is 6.99. The summed E-state index contributed by atoms with van der Waals surface area (Å²) in [6.07, 6.45) is 0.210. The van der Waals surface area contributed by atoms with Crippen molar-refractivity contribution in [1.82, 2.24) is 0 Å². The second-order valence-electron chi connectivity index (χ2n) is 5.58. The third kappa shape index (κ3) is 4.50. The summed E-state index contributed by atoms with van der Waals surface area (Å²) in [5, 5.41) is 3.52. The number of halogens is 1. The molecule has 2 aromatic rings. The van der Waals surface area contributed by atoms with Gasteiger partial charge in [-0.25, -0.2) is 0 Å². The topological polar surface area (TPSA) is 21.3 Å². The predicted molar refractivity (Wildman–Crippen MR) is 93.1 cm³/mol. The number of ether oxygens (including phenoxy) is 1. The van der Waals surface area contributed by atoms with Crippen molar-refractivity contribution in [3.05, 3.63) is 57.6 Å². The van der Waals surface area contributed by atoms with Gasteiger partial charge in [0, 0.05) is 16.7 Å². The lowest BCUT2D eigenvalue weighted by Crippen LogP contribution is -2.06. The fourth-order valence-corrected chi connectivity index (χ4v) is 3.02. The molecule has 0 saturated carbocycles. The van der Waals surface area contributed by atoms with Gasteiger partial charge in [0.05, 0.1) is 6.10 Å². The fourth-order valence-electron chi connectivity index (χ4n) is 2.34. The van der Waals surface area contributed by atoms with Crippen molar-refractivity contribution in [1.29, 1.82) is 0 Å². The van der Waals surface area contributed by atoms with E-state index in [1.807, 2.05) is 26.0 Å². The van der Waals surface area contributed by atoms with Crippen LogP contribution in [0.15, 0.2) is 40.9 Å². The van der Waals surface area contributed by atoms with Gasteiger partial charge >= 0.3 is 0 Å². The van der Waals surface area contributed by atoms with E-state index in [4.69, 9.17) is 4.74 Å². The molecule has 2 nitrogen and oxygen atoms in total. The molecule has 0 aliphatic carbocycles. The Labute approximate surface area is 135 Å².